The highest BCUT2D eigenvalue weighted by atomic mass is 35.5. The number of hydrogen-bond donors (Lipinski definition) is 1. The molecule has 0 saturated heterocycles. The Morgan fingerprint density at radius 2 is 1.85 bits per heavy atom. The fraction of sp³-hybridized carbons (Fsp3) is 0.577. The van der Waals surface area contributed by atoms with Crippen LogP contribution in [0.1, 0.15) is 78.3 Å². The largest absolute Gasteiger partial charge is 0.333 e. The summed E-state index contributed by atoms with van der Waals surface area (Å²) >= 11 is 6.05. The van der Waals surface area contributed by atoms with Gasteiger partial charge in [0.05, 0.1) is 17.9 Å². The molecular weight excluding hydrogens is 436 g/mol. The van der Waals surface area contributed by atoms with E-state index in [0.29, 0.717) is 29.7 Å². The molecule has 1 aliphatic rings. The fourth-order valence-electron chi connectivity index (χ4n) is 4.32. The Bertz CT molecular complexity index is 940. The molecule has 33 heavy (non-hydrogen) atoms. The molecule has 1 aromatic carbocycles. The first-order chi connectivity index (χ1) is 15.7. The van der Waals surface area contributed by atoms with Gasteiger partial charge >= 0.3 is 0 Å². The highest BCUT2D eigenvalue weighted by Crippen LogP contribution is 2.29. The van der Waals surface area contributed by atoms with Gasteiger partial charge in [0.25, 0.3) is 0 Å². The molecule has 1 fully saturated rings. The van der Waals surface area contributed by atoms with Crippen LogP contribution in [0.5, 0.6) is 0 Å². The summed E-state index contributed by atoms with van der Waals surface area (Å²) in [6, 6.07) is 9.24. The normalized spacial score (nSPS) is 14.5. The van der Waals surface area contributed by atoms with Crippen LogP contribution in [0.2, 0.25) is 5.02 Å². The number of halogens is 1. The standard InChI is InChI=1S/C26H37ClN4O2/c1-5-16-30(25(33)15-10-19-8-6-7-9-19)18-24(32)28-23-17-22(26(2,3)4)29-31(23)21-13-11-20(27)12-14-21/h11-14,17,19H,5-10,15-16,18H2,1-4H3,(H,28,32). The first-order valence-electron chi connectivity index (χ1n) is 12.1. The van der Waals surface area contributed by atoms with E-state index in [1.165, 1.54) is 25.7 Å². The molecule has 7 heteroatoms. The average molecular weight is 473 g/mol. The summed E-state index contributed by atoms with van der Waals surface area (Å²) < 4.78 is 1.72. The first kappa shape index (κ1) is 25.3. The summed E-state index contributed by atoms with van der Waals surface area (Å²) in [7, 11) is 0. The van der Waals surface area contributed by atoms with Crippen LogP contribution in [0.15, 0.2) is 30.3 Å². The van der Waals surface area contributed by atoms with E-state index in [-0.39, 0.29) is 23.8 Å². The summed E-state index contributed by atoms with van der Waals surface area (Å²) in [6.07, 6.45) is 7.28. The zero-order valence-corrected chi connectivity index (χ0v) is 21.1. The maximum Gasteiger partial charge on any atom is 0.245 e. The van der Waals surface area contributed by atoms with Gasteiger partial charge in [0.15, 0.2) is 0 Å². The van der Waals surface area contributed by atoms with Gasteiger partial charge in [-0.15, -0.1) is 0 Å². The minimum absolute atomic E-state index is 0.0496. The minimum atomic E-state index is -0.215. The van der Waals surface area contributed by atoms with Gasteiger partial charge in [-0.1, -0.05) is 65.0 Å². The molecule has 180 valence electrons. The van der Waals surface area contributed by atoms with Crippen molar-refractivity contribution in [3.63, 3.8) is 0 Å². The van der Waals surface area contributed by atoms with Crippen LogP contribution in [0.4, 0.5) is 5.82 Å². The monoisotopic (exact) mass is 472 g/mol. The van der Waals surface area contributed by atoms with Crippen molar-refractivity contribution in [2.45, 2.75) is 78.1 Å². The summed E-state index contributed by atoms with van der Waals surface area (Å²) in [6.45, 7) is 8.91. The maximum atomic E-state index is 13.0. The summed E-state index contributed by atoms with van der Waals surface area (Å²) in [4.78, 5) is 27.5. The molecule has 1 saturated carbocycles. The van der Waals surface area contributed by atoms with Crippen LogP contribution in [0.25, 0.3) is 5.69 Å². The third-order valence-electron chi connectivity index (χ3n) is 6.24. The number of carbonyl (C=O) groups is 2. The smallest absolute Gasteiger partial charge is 0.245 e. The van der Waals surface area contributed by atoms with Gasteiger partial charge in [-0.05, 0) is 43.0 Å². The summed E-state index contributed by atoms with van der Waals surface area (Å²) in [5.41, 5.74) is 1.50. The van der Waals surface area contributed by atoms with Crippen molar-refractivity contribution in [3.05, 3.63) is 41.0 Å². The van der Waals surface area contributed by atoms with E-state index in [4.69, 9.17) is 16.7 Å². The lowest BCUT2D eigenvalue weighted by atomic mass is 9.92. The molecule has 2 aromatic rings. The molecule has 1 heterocycles. The lowest BCUT2D eigenvalue weighted by molar-refractivity contribution is -0.135. The van der Waals surface area contributed by atoms with Crippen LogP contribution in [0.3, 0.4) is 0 Å². The number of carbonyl (C=O) groups excluding carboxylic acids is 2. The molecule has 0 bridgehead atoms. The summed E-state index contributed by atoms with van der Waals surface area (Å²) in [5.74, 6) is 1.10. The van der Waals surface area contributed by atoms with Crippen molar-refractivity contribution in [1.82, 2.24) is 14.7 Å². The Morgan fingerprint density at radius 3 is 2.45 bits per heavy atom. The topological polar surface area (TPSA) is 67.2 Å². The molecule has 3 rings (SSSR count). The highest BCUT2D eigenvalue weighted by Gasteiger charge is 2.24. The number of anilines is 1. The Labute approximate surface area is 202 Å². The van der Waals surface area contributed by atoms with E-state index in [1.807, 2.05) is 25.1 Å². The lowest BCUT2D eigenvalue weighted by Gasteiger charge is -2.22. The quantitative estimate of drug-likeness (QED) is 0.488. The molecule has 6 nitrogen and oxygen atoms in total. The van der Waals surface area contributed by atoms with Crippen molar-refractivity contribution in [2.75, 3.05) is 18.4 Å². The molecule has 0 spiro atoms. The molecule has 1 aromatic heterocycles. The van der Waals surface area contributed by atoms with Crippen LogP contribution in [-0.2, 0) is 15.0 Å². The van der Waals surface area contributed by atoms with E-state index in [2.05, 4.69) is 26.1 Å². The van der Waals surface area contributed by atoms with Gasteiger partial charge in [-0.2, -0.15) is 5.10 Å². The molecule has 0 atom stereocenters. The SMILES string of the molecule is CCCN(CC(=O)Nc1cc(C(C)(C)C)nn1-c1ccc(Cl)cc1)C(=O)CCC1CCCC1. The number of aromatic nitrogens is 2. The van der Waals surface area contributed by atoms with Gasteiger partial charge in [-0.25, -0.2) is 4.68 Å². The summed E-state index contributed by atoms with van der Waals surface area (Å²) in [5, 5.41) is 8.37. The van der Waals surface area contributed by atoms with E-state index >= 15 is 0 Å². The zero-order valence-electron chi connectivity index (χ0n) is 20.4. The highest BCUT2D eigenvalue weighted by molar-refractivity contribution is 6.30. The number of amides is 2. The van der Waals surface area contributed by atoms with Gasteiger partial charge in [0.1, 0.15) is 5.82 Å². The van der Waals surface area contributed by atoms with Crippen LogP contribution in [-0.4, -0.2) is 39.6 Å². The van der Waals surface area contributed by atoms with Crippen LogP contribution in [0, 0.1) is 5.92 Å². The van der Waals surface area contributed by atoms with Crippen molar-refractivity contribution in [3.8, 4) is 5.69 Å². The molecule has 2 amide bonds. The number of nitrogens with zero attached hydrogens (tertiary/aromatic N) is 3. The molecule has 1 N–H and O–H groups in total. The average Bonchev–Trinajstić information content (AvgIpc) is 3.42. The predicted octanol–water partition coefficient (Wildman–Crippen LogP) is 5.97. The Hall–Kier alpha value is -2.34. The second-order valence-electron chi connectivity index (χ2n) is 10.1. The fourth-order valence-corrected chi connectivity index (χ4v) is 4.44. The van der Waals surface area contributed by atoms with Crippen molar-refractivity contribution in [2.24, 2.45) is 5.92 Å². The molecule has 0 radical (unpaired) electrons. The lowest BCUT2D eigenvalue weighted by Crippen LogP contribution is -2.38. The molecule has 0 aliphatic heterocycles. The van der Waals surface area contributed by atoms with Gasteiger partial charge in [-0.3, -0.25) is 9.59 Å². The predicted molar refractivity (Wildman–Crippen MR) is 134 cm³/mol. The maximum absolute atomic E-state index is 13.0. The molecule has 1 aliphatic carbocycles. The van der Waals surface area contributed by atoms with Crippen LogP contribution >= 0.6 is 11.6 Å². The Morgan fingerprint density at radius 1 is 1.18 bits per heavy atom. The third-order valence-corrected chi connectivity index (χ3v) is 6.49. The number of rotatable bonds is 9. The Kier molecular flexibility index (Phi) is 8.57. The number of benzene rings is 1. The van der Waals surface area contributed by atoms with E-state index in [0.717, 1.165) is 24.2 Å². The van der Waals surface area contributed by atoms with E-state index in [1.54, 1.807) is 21.7 Å². The van der Waals surface area contributed by atoms with E-state index in [9.17, 15) is 9.59 Å². The molecule has 0 unspecified atom stereocenters. The van der Waals surface area contributed by atoms with Gasteiger partial charge in [0.2, 0.25) is 11.8 Å². The number of nitrogens with one attached hydrogen (secondary N) is 1. The van der Waals surface area contributed by atoms with Crippen molar-refractivity contribution >= 4 is 29.2 Å². The van der Waals surface area contributed by atoms with Crippen molar-refractivity contribution < 1.29 is 9.59 Å². The first-order valence-corrected chi connectivity index (χ1v) is 12.5. The van der Waals surface area contributed by atoms with Gasteiger partial charge < -0.3 is 10.2 Å². The second-order valence-corrected chi connectivity index (χ2v) is 10.5. The third kappa shape index (κ3) is 7.07. The molecular formula is C26H37ClN4O2. The minimum Gasteiger partial charge on any atom is -0.333 e. The number of hydrogen-bond acceptors (Lipinski definition) is 3. The zero-order chi connectivity index (χ0) is 24.0. The van der Waals surface area contributed by atoms with Crippen LogP contribution < -0.4 is 5.32 Å². The second kappa shape index (κ2) is 11.2. The Balaban J connectivity index is 1.72. The van der Waals surface area contributed by atoms with E-state index < -0.39 is 0 Å². The van der Waals surface area contributed by atoms with Crippen molar-refractivity contribution in [1.29, 1.82) is 0 Å². The van der Waals surface area contributed by atoms with Gasteiger partial charge in [0, 0.05) is 29.5 Å².